The molecule has 0 spiro atoms. The molecule has 2 atom stereocenters. The van der Waals surface area contributed by atoms with E-state index in [1.165, 1.54) is 6.07 Å². The number of hydrogen-bond acceptors (Lipinski definition) is 2. The van der Waals surface area contributed by atoms with E-state index in [1.807, 2.05) is 44.2 Å². The summed E-state index contributed by atoms with van der Waals surface area (Å²) in [6.07, 6.45) is 0. The summed E-state index contributed by atoms with van der Waals surface area (Å²) in [5.74, 6) is 0.328. The van der Waals surface area contributed by atoms with Crippen molar-refractivity contribution < 1.29 is 4.79 Å². The van der Waals surface area contributed by atoms with E-state index < -0.39 is 0 Å². The average Bonchev–Trinajstić information content (AvgIpc) is 3.05. The van der Waals surface area contributed by atoms with E-state index in [9.17, 15) is 9.59 Å². The van der Waals surface area contributed by atoms with Crippen LogP contribution in [-0.2, 0) is 4.79 Å². The van der Waals surface area contributed by atoms with Gasteiger partial charge in [-0.05, 0) is 41.5 Å². The fourth-order valence-electron chi connectivity index (χ4n) is 3.90. The second-order valence-electron chi connectivity index (χ2n) is 7.45. The molecule has 0 saturated heterocycles. The summed E-state index contributed by atoms with van der Waals surface area (Å²) in [7, 11) is 0. The first kappa shape index (κ1) is 19.7. The van der Waals surface area contributed by atoms with Gasteiger partial charge in [0.1, 0.15) is 5.82 Å². The van der Waals surface area contributed by atoms with Gasteiger partial charge < -0.3 is 0 Å². The molecule has 1 amide bonds. The number of rotatable bonds is 3. The minimum atomic E-state index is -0.376. The SMILES string of the molecule is CC(C)C(=O)N1c2cccc(=O)n2C(c2ccc(Cl)cc2)C1c1ccc(Cl)cc1. The highest BCUT2D eigenvalue weighted by Crippen LogP contribution is 2.47. The van der Waals surface area contributed by atoms with Crippen molar-refractivity contribution in [3.05, 3.63) is 98.3 Å². The highest BCUT2D eigenvalue weighted by atomic mass is 35.5. The van der Waals surface area contributed by atoms with Crippen LogP contribution in [0, 0.1) is 5.92 Å². The molecule has 148 valence electrons. The first-order valence-electron chi connectivity index (χ1n) is 9.44. The lowest BCUT2D eigenvalue weighted by molar-refractivity contribution is -0.121. The van der Waals surface area contributed by atoms with Crippen molar-refractivity contribution >= 4 is 34.9 Å². The van der Waals surface area contributed by atoms with Gasteiger partial charge in [-0.25, -0.2) is 0 Å². The van der Waals surface area contributed by atoms with Crippen LogP contribution in [0.25, 0.3) is 0 Å². The number of hydrogen-bond donors (Lipinski definition) is 0. The number of anilines is 1. The highest BCUT2D eigenvalue weighted by molar-refractivity contribution is 6.30. The standard InChI is InChI=1S/C23H20Cl2N2O2/c1-14(2)23(29)27-19-4-3-5-20(28)26(19)21(15-6-10-17(24)11-7-15)22(27)16-8-12-18(25)13-9-16/h3-14,21-22H,1-2H3. The van der Waals surface area contributed by atoms with Crippen LogP contribution in [0.5, 0.6) is 0 Å². The molecule has 0 radical (unpaired) electrons. The molecule has 4 rings (SSSR count). The number of amides is 1. The average molecular weight is 427 g/mol. The lowest BCUT2D eigenvalue weighted by Gasteiger charge is -2.29. The van der Waals surface area contributed by atoms with Gasteiger partial charge in [0.15, 0.2) is 0 Å². The van der Waals surface area contributed by atoms with Gasteiger partial charge in [0.25, 0.3) is 5.56 Å². The number of carbonyl (C=O) groups excluding carboxylic acids is 1. The number of benzene rings is 2. The molecule has 29 heavy (non-hydrogen) atoms. The Bertz CT molecular complexity index is 1100. The predicted octanol–water partition coefficient (Wildman–Crippen LogP) is 5.49. The first-order chi connectivity index (χ1) is 13.9. The Morgan fingerprint density at radius 3 is 1.86 bits per heavy atom. The normalized spacial score (nSPS) is 18.2. The molecule has 6 heteroatoms. The van der Waals surface area contributed by atoms with E-state index in [0.29, 0.717) is 15.9 Å². The van der Waals surface area contributed by atoms with Gasteiger partial charge in [-0.2, -0.15) is 0 Å². The molecule has 2 aromatic carbocycles. The molecule has 0 saturated carbocycles. The van der Waals surface area contributed by atoms with Crippen LogP contribution in [0.2, 0.25) is 10.0 Å². The summed E-state index contributed by atoms with van der Waals surface area (Å²) >= 11 is 12.2. The van der Waals surface area contributed by atoms with E-state index >= 15 is 0 Å². The molecule has 0 bridgehead atoms. The summed E-state index contributed by atoms with van der Waals surface area (Å²) in [4.78, 5) is 27.9. The van der Waals surface area contributed by atoms with Crippen molar-refractivity contribution in [3.8, 4) is 0 Å². The van der Waals surface area contributed by atoms with Crippen LogP contribution < -0.4 is 10.5 Å². The smallest absolute Gasteiger partial charge is 0.252 e. The third kappa shape index (κ3) is 3.47. The quantitative estimate of drug-likeness (QED) is 0.555. The van der Waals surface area contributed by atoms with Crippen molar-refractivity contribution in [1.29, 1.82) is 0 Å². The Kier molecular flexibility index (Phi) is 5.24. The number of halogens is 2. The molecule has 2 unspecified atom stereocenters. The monoisotopic (exact) mass is 426 g/mol. The maximum atomic E-state index is 13.3. The van der Waals surface area contributed by atoms with Gasteiger partial charge in [-0.1, -0.05) is 67.4 Å². The van der Waals surface area contributed by atoms with E-state index in [4.69, 9.17) is 23.2 Å². The van der Waals surface area contributed by atoms with E-state index in [0.717, 1.165) is 11.1 Å². The molecule has 0 N–H and O–H groups in total. The molecule has 1 aliphatic heterocycles. The molecular weight excluding hydrogens is 407 g/mol. The van der Waals surface area contributed by atoms with Crippen LogP contribution in [0.4, 0.5) is 5.82 Å². The molecule has 2 heterocycles. The lowest BCUT2D eigenvalue weighted by atomic mass is 9.93. The Balaban J connectivity index is 1.99. The van der Waals surface area contributed by atoms with E-state index in [1.54, 1.807) is 39.8 Å². The third-order valence-corrected chi connectivity index (χ3v) is 5.73. The van der Waals surface area contributed by atoms with Gasteiger partial charge in [-0.3, -0.25) is 19.1 Å². The summed E-state index contributed by atoms with van der Waals surface area (Å²) < 4.78 is 1.70. The summed E-state index contributed by atoms with van der Waals surface area (Å²) in [5, 5.41) is 1.23. The van der Waals surface area contributed by atoms with Gasteiger partial charge in [-0.15, -0.1) is 0 Å². The largest absolute Gasteiger partial charge is 0.288 e. The zero-order valence-electron chi connectivity index (χ0n) is 16.0. The Labute approximate surface area is 179 Å². The van der Waals surface area contributed by atoms with Crippen molar-refractivity contribution in [2.24, 2.45) is 5.92 Å². The Hall–Kier alpha value is -2.56. The summed E-state index contributed by atoms with van der Waals surface area (Å²) in [6, 6.07) is 19.1. The fraction of sp³-hybridized carbons (Fsp3) is 0.217. The zero-order valence-corrected chi connectivity index (χ0v) is 17.6. The molecule has 0 fully saturated rings. The highest BCUT2D eigenvalue weighted by Gasteiger charge is 2.44. The first-order valence-corrected chi connectivity index (χ1v) is 10.2. The van der Waals surface area contributed by atoms with E-state index in [2.05, 4.69) is 0 Å². The molecule has 1 aromatic heterocycles. The van der Waals surface area contributed by atoms with Crippen LogP contribution in [0.3, 0.4) is 0 Å². The molecule has 1 aliphatic rings. The van der Waals surface area contributed by atoms with Crippen LogP contribution in [0.15, 0.2) is 71.5 Å². The Morgan fingerprint density at radius 2 is 1.34 bits per heavy atom. The second-order valence-corrected chi connectivity index (χ2v) is 8.32. The van der Waals surface area contributed by atoms with Gasteiger partial charge in [0.05, 0.1) is 12.1 Å². The fourth-order valence-corrected chi connectivity index (χ4v) is 4.15. The number of carbonyl (C=O) groups is 1. The second kappa shape index (κ2) is 7.69. The van der Waals surface area contributed by atoms with Crippen molar-refractivity contribution in [1.82, 2.24) is 4.57 Å². The lowest BCUT2D eigenvalue weighted by Crippen LogP contribution is -2.36. The van der Waals surface area contributed by atoms with Gasteiger partial charge >= 0.3 is 0 Å². The molecule has 0 aliphatic carbocycles. The summed E-state index contributed by atoms with van der Waals surface area (Å²) in [5.41, 5.74) is 1.66. The number of fused-ring (bicyclic) bond motifs is 1. The zero-order chi connectivity index (χ0) is 20.7. The maximum Gasteiger partial charge on any atom is 0.252 e. The van der Waals surface area contributed by atoms with Gasteiger partial charge in [0.2, 0.25) is 5.91 Å². The maximum absolute atomic E-state index is 13.3. The summed E-state index contributed by atoms with van der Waals surface area (Å²) in [6.45, 7) is 3.73. The third-order valence-electron chi connectivity index (χ3n) is 5.22. The van der Waals surface area contributed by atoms with Crippen LogP contribution in [-0.4, -0.2) is 10.5 Å². The van der Waals surface area contributed by atoms with Crippen LogP contribution in [0.1, 0.15) is 37.1 Å². The number of aromatic nitrogens is 1. The Morgan fingerprint density at radius 1 is 0.828 bits per heavy atom. The van der Waals surface area contributed by atoms with E-state index in [-0.39, 0.29) is 29.5 Å². The molecule has 3 aromatic rings. The molecular formula is C23H20Cl2N2O2. The van der Waals surface area contributed by atoms with Crippen molar-refractivity contribution in [2.45, 2.75) is 25.9 Å². The van der Waals surface area contributed by atoms with Crippen molar-refractivity contribution in [2.75, 3.05) is 4.90 Å². The number of pyridine rings is 1. The van der Waals surface area contributed by atoms with Gasteiger partial charge in [0, 0.05) is 22.0 Å². The minimum absolute atomic E-state index is 0.0410. The van der Waals surface area contributed by atoms with Crippen molar-refractivity contribution in [3.63, 3.8) is 0 Å². The predicted molar refractivity (Wildman–Crippen MR) is 117 cm³/mol. The topological polar surface area (TPSA) is 42.3 Å². The number of nitrogens with zero attached hydrogens (tertiary/aromatic N) is 2. The molecule has 4 nitrogen and oxygen atoms in total. The minimum Gasteiger partial charge on any atom is -0.288 e. The van der Waals surface area contributed by atoms with Crippen LogP contribution >= 0.6 is 23.2 Å².